The third-order valence-electron chi connectivity index (χ3n) is 4.02. The van der Waals surface area contributed by atoms with Gasteiger partial charge in [-0.1, -0.05) is 11.6 Å². The highest BCUT2D eigenvalue weighted by molar-refractivity contribution is 6.31. The molecule has 116 valence electrons. The SMILES string of the molecule is COc1ccc(Cl)cc1C(=O)NCc1c2c(nn1C)CCC2. The fraction of sp³-hybridized carbons (Fsp3) is 0.375. The Morgan fingerprint density at radius 2 is 2.27 bits per heavy atom. The number of fused-ring (bicyclic) bond motifs is 1. The average molecular weight is 320 g/mol. The number of ether oxygens (including phenoxy) is 1. The van der Waals surface area contributed by atoms with Crippen molar-refractivity contribution < 1.29 is 9.53 Å². The normalized spacial score (nSPS) is 13.0. The van der Waals surface area contributed by atoms with Crippen LogP contribution < -0.4 is 10.1 Å². The first-order valence-electron chi connectivity index (χ1n) is 7.25. The Labute approximate surface area is 134 Å². The molecule has 1 aromatic heterocycles. The van der Waals surface area contributed by atoms with Crippen LogP contribution in [-0.4, -0.2) is 22.8 Å². The zero-order valence-corrected chi connectivity index (χ0v) is 13.4. The Kier molecular flexibility index (Phi) is 4.07. The van der Waals surface area contributed by atoms with E-state index in [0.717, 1.165) is 30.7 Å². The van der Waals surface area contributed by atoms with E-state index in [9.17, 15) is 4.79 Å². The zero-order chi connectivity index (χ0) is 15.7. The predicted molar refractivity (Wildman–Crippen MR) is 84.4 cm³/mol. The number of methoxy groups -OCH3 is 1. The largest absolute Gasteiger partial charge is 0.496 e. The van der Waals surface area contributed by atoms with Gasteiger partial charge >= 0.3 is 0 Å². The van der Waals surface area contributed by atoms with E-state index in [1.807, 2.05) is 11.7 Å². The van der Waals surface area contributed by atoms with Crippen molar-refractivity contribution in [2.45, 2.75) is 25.8 Å². The zero-order valence-electron chi connectivity index (χ0n) is 12.6. The highest BCUT2D eigenvalue weighted by Crippen LogP contribution is 2.25. The molecular weight excluding hydrogens is 302 g/mol. The molecule has 5 nitrogen and oxygen atoms in total. The number of carbonyl (C=O) groups is 1. The van der Waals surface area contributed by atoms with E-state index in [1.165, 1.54) is 12.7 Å². The summed E-state index contributed by atoms with van der Waals surface area (Å²) in [5.74, 6) is 0.310. The molecule has 1 amide bonds. The maximum Gasteiger partial charge on any atom is 0.255 e. The second kappa shape index (κ2) is 6.01. The molecule has 0 radical (unpaired) electrons. The van der Waals surface area contributed by atoms with Gasteiger partial charge in [-0.2, -0.15) is 5.10 Å². The summed E-state index contributed by atoms with van der Waals surface area (Å²) in [7, 11) is 3.45. The fourth-order valence-corrected chi connectivity index (χ4v) is 3.10. The molecule has 0 saturated carbocycles. The first kappa shape index (κ1) is 14.9. The number of aryl methyl sites for hydroxylation is 2. The monoisotopic (exact) mass is 319 g/mol. The molecule has 1 aliphatic carbocycles. The number of rotatable bonds is 4. The summed E-state index contributed by atoms with van der Waals surface area (Å²) in [4.78, 5) is 12.4. The summed E-state index contributed by atoms with van der Waals surface area (Å²) < 4.78 is 7.08. The van der Waals surface area contributed by atoms with Gasteiger partial charge in [0, 0.05) is 12.1 Å². The van der Waals surface area contributed by atoms with Gasteiger partial charge in [-0.05, 0) is 43.0 Å². The first-order valence-corrected chi connectivity index (χ1v) is 7.63. The van der Waals surface area contributed by atoms with Crippen LogP contribution >= 0.6 is 11.6 Å². The van der Waals surface area contributed by atoms with Crippen LogP contribution in [0.5, 0.6) is 5.75 Å². The number of nitrogens with one attached hydrogen (secondary N) is 1. The Hall–Kier alpha value is -2.01. The molecule has 0 spiro atoms. The second-order valence-corrected chi connectivity index (χ2v) is 5.81. The van der Waals surface area contributed by atoms with E-state index in [4.69, 9.17) is 16.3 Å². The molecule has 1 N–H and O–H groups in total. The van der Waals surface area contributed by atoms with E-state index in [2.05, 4.69) is 10.4 Å². The summed E-state index contributed by atoms with van der Waals surface area (Å²) in [6, 6.07) is 5.01. The summed E-state index contributed by atoms with van der Waals surface area (Å²) in [6.45, 7) is 0.452. The van der Waals surface area contributed by atoms with Gasteiger partial charge in [0.05, 0.1) is 30.6 Å². The maximum atomic E-state index is 12.4. The third-order valence-corrected chi connectivity index (χ3v) is 4.26. The number of hydrogen-bond donors (Lipinski definition) is 1. The molecule has 0 aliphatic heterocycles. The van der Waals surface area contributed by atoms with Gasteiger partial charge in [0.2, 0.25) is 0 Å². The van der Waals surface area contributed by atoms with Crippen molar-refractivity contribution in [1.82, 2.24) is 15.1 Å². The number of benzene rings is 1. The first-order chi connectivity index (χ1) is 10.6. The summed E-state index contributed by atoms with van der Waals surface area (Å²) in [6.07, 6.45) is 3.20. The van der Waals surface area contributed by atoms with Crippen LogP contribution in [0.1, 0.15) is 33.7 Å². The molecule has 2 aromatic rings. The van der Waals surface area contributed by atoms with Gasteiger partial charge in [-0.25, -0.2) is 0 Å². The van der Waals surface area contributed by atoms with Crippen molar-refractivity contribution in [3.8, 4) is 5.75 Å². The molecule has 0 fully saturated rings. The molecular formula is C16H18ClN3O2. The van der Waals surface area contributed by atoms with Crippen LogP contribution in [0.2, 0.25) is 5.02 Å². The lowest BCUT2D eigenvalue weighted by Gasteiger charge is -2.11. The van der Waals surface area contributed by atoms with E-state index in [1.54, 1.807) is 18.2 Å². The molecule has 0 bridgehead atoms. The molecule has 1 heterocycles. The minimum atomic E-state index is -0.202. The fourth-order valence-electron chi connectivity index (χ4n) is 2.92. The molecule has 1 aromatic carbocycles. The Bertz CT molecular complexity index is 724. The van der Waals surface area contributed by atoms with Gasteiger partial charge in [0.15, 0.2) is 0 Å². The van der Waals surface area contributed by atoms with Crippen LogP contribution in [0, 0.1) is 0 Å². The van der Waals surface area contributed by atoms with Crippen molar-refractivity contribution in [2.24, 2.45) is 7.05 Å². The van der Waals surface area contributed by atoms with Crippen LogP contribution in [0.4, 0.5) is 0 Å². The van der Waals surface area contributed by atoms with E-state index in [-0.39, 0.29) is 5.91 Å². The van der Waals surface area contributed by atoms with Crippen LogP contribution in [0.15, 0.2) is 18.2 Å². The number of nitrogens with zero attached hydrogens (tertiary/aromatic N) is 2. The van der Waals surface area contributed by atoms with Gasteiger partial charge in [-0.3, -0.25) is 9.48 Å². The number of hydrogen-bond acceptors (Lipinski definition) is 3. The highest BCUT2D eigenvalue weighted by atomic mass is 35.5. The van der Waals surface area contributed by atoms with Gasteiger partial charge in [-0.15, -0.1) is 0 Å². The molecule has 0 unspecified atom stereocenters. The molecule has 6 heteroatoms. The quantitative estimate of drug-likeness (QED) is 0.942. The van der Waals surface area contributed by atoms with Crippen LogP contribution in [0.3, 0.4) is 0 Å². The third kappa shape index (κ3) is 2.68. The maximum absolute atomic E-state index is 12.4. The van der Waals surface area contributed by atoms with Gasteiger partial charge < -0.3 is 10.1 Å². The van der Waals surface area contributed by atoms with Gasteiger partial charge in [0.25, 0.3) is 5.91 Å². The van der Waals surface area contributed by atoms with E-state index in [0.29, 0.717) is 22.9 Å². The highest BCUT2D eigenvalue weighted by Gasteiger charge is 2.21. The number of carbonyl (C=O) groups excluding carboxylic acids is 1. The summed E-state index contributed by atoms with van der Waals surface area (Å²) in [5, 5.41) is 7.95. The lowest BCUT2D eigenvalue weighted by atomic mass is 10.1. The Morgan fingerprint density at radius 3 is 3.05 bits per heavy atom. The van der Waals surface area contributed by atoms with Crippen molar-refractivity contribution in [1.29, 1.82) is 0 Å². The van der Waals surface area contributed by atoms with Crippen LogP contribution in [-0.2, 0) is 26.4 Å². The van der Waals surface area contributed by atoms with E-state index >= 15 is 0 Å². The minimum absolute atomic E-state index is 0.202. The predicted octanol–water partition coefficient (Wildman–Crippen LogP) is 2.50. The van der Waals surface area contributed by atoms with Crippen molar-refractivity contribution >= 4 is 17.5 Å². The second-order valence-electron chi connectivity index (χ2n) is 5.38. The van der Waals surface area contributed by atoms with E-state index < -0.39 is 0 Å². The standard InChI is InChI=1S/C16H18ClN3O2/c1-20-14(11-4-3-5-13(11)19-20)9-18-16(21)12-8-10(17)6-7-15(12)22-2/h6-8H,3-5,9H2,1-2H3,(H,18,21). The lowest BCUT2D eigenvalue weighted by Crippen LogP contribution is -2.25. The number of amides is 1. The van der Waals surface area contributed by atoms with Crippen molar-refractivity contribution in [3.63, 3.8) is 0 Å². The number of halogens is 1. The molecule has 0 saturated heterocycles. The van der Waals surface area contributed by atoms with Crippen molar-refractivity contribution in [2.75, 3.05) is 7.11 Å². The molecule has 3 rings (SSSR count). The molecule has 1 aliphatic rings. The van der Waals surface area contributed by atoms with Gasteiger partial charge in [0.1, 0.15) is 5.75 Å². The topological polar surface area (TPSA) is 56.1 Å². The average Bonchev–Trinajstić information content (AvgIpc) is 3.05. The molecule has 0 atom stereocenters. The smallest absolute Gasteiger partial charge is 0.255 e. The Balaban J connectivity index is 1.77. The van der Waals surface area contributed by atoms with Crippen LogP contribution in [0.25, 0.3) is 0 Å². The Morgan fingerprint density at radius 1 is 1.45 bits per heavy atom. The minimum Gasteiger partial charge on any atom is -0.496 e. The molecule has 22 heavy (non-hydrogen) atoms. The summed E-state index contributed by atoms with van der Waals surface area (Å²) >= 11 is 5.97. The van der Waals surface area contributed by atoms with Crippen molar-refractivity contribution in [3.05, 3.63) is 45.7 Å². The number of aromatic nitrogens is 2. The summed E-state index contributed by atoms with van der Waals surface area (Å²) in [5.41, 5.74) is 3.95. The lowest BCUT2D eigenvalue weighted by molar-refractivity contribution is 0.0947.